The van der Waals surface area contributed by atoms with Crippen LogP contribution in [0.5, 0.6) is 0 Å². The van der Waals surface area contributed by atoms with Crippen molar-refractivity contribution in [3.63, 3.8) is 0 Å². The topological polar surface area (TPSA) is 49.3 Å². The molecule has 2 N–H and O–H groups in total. The molecular weight excluding hydrogens is 178 g/mol. The first kappa shape index (κ1) is 9.13. The smallest absolute Gasteiger partial charge is 0.334 e. The van der Waals surface area contributed by atoms with Gasteiger partial charge in [0.25, 0.3) is 0 Å². The van der Waals surface area contributed by atoms with E-state index in [2.05, 4.69) is 5.32 Å². The number of hydrogen-bond acceptors (Lipinski definition) is 2. The normalized spacial score (nSPS) is 27.7. The summed E-state index contributed by atoms with van der Waals surface area (Å²) in [7, 11) is 0. The number of aliphatic carboxylic acids is 1. The minimum absolute atomic E-state index is 0.232. The van der Waals surface area contributed by atoms with Crippen molar-refractivity contribution in [3.8, 4) is 0 Å². The molecule has 1 rings (SSSR count). The lowest BCUT2D eigenvalue weighted by atomic mass is 9.92. The maximum Gasteiger partial charge on any atom is 0.334 e. The Kier molecular flexibility index (Phi) is 2.43. The fraction of sp³-hybridized carbons (Fsp3) is 0.375. The standard InChI is InChI=1S/C8H10ClNO2/c1-8(5-9)6(7(11)12)3-2-4-10-8/h2-4,10H,5H2,1H3,(H,11,12). The first-order valence-electron chi connectivity index (χ1n) is 3.54. The Bertz CT molecular complexity index is 260. The number of carboxylic acid groups (broad SMARTS) is 1. The van der Waals surface area contributed by atoms with Crippen LogP contribution in [0.1, 0.15) is 6.92 Å². The van der Waals surface area contributed by atoms with E-state index in [9.17, 15) is 4.79 Å². The van der Waals surface area contributed by atoms with Crippen LogP contribution in [0.4, 0.5) is 0 Å². The summed E-state index contributed by atoms with van der Waals surface area (Å²) in [4.78, 5) is 10.7. The average molecular weight is 188 g/mol. The molecule has 0 aliphatic carbocycles. The van der Waals surface area contributed by atoms with Gasteiger partial charge in [0.05, 0.1) is 11.1 Å². The number of rotatable bonds is 2. The zero-order valence-electron chi connectivity index (χ0n) is 6.67. The quantitative estimate of drug-likeness (QED) is 0.637. The monoisotopic (exact) mass is 187 g/mol. The largest absolute Gasteiger partial charge is 0.478 e. The highest BCUT2D eigenvalue weighted by molar-refractivity contribution is 6.19. The van der Waals surface area contributed by atoms with Gasteiger partial charge >= 0.3 is 5.97 Å². The van der Waals surface area contributed by atoms with Crippen LogP contribution in [0.3, 0.4) is 0 Å². The molecule has 1 aliphatic rings. The number of halogens is 1. The Morgan fingerprint density at radius 1 is 1.83 bits per heavy atom. The van der Waals surface area contributed by atoms with E-state index in [0.29, 0.717) is 5.57 Å². The van der Waals surface area contributed by atoms with Crippen molar-refractivity contribution in [2.24, 2.45) is 0 Å². The van der Waals surface area contributed by atoms with Crippen LogP contribution in [0.15, 0.2) is 23.9 Å². The molecule has 0 aromatic rings. The van der Waals surface area contributed by atoms with Crippen molar-refractivity contribution in [1.29, 1.82) is 0 Å². The molecule has 0 fully saturated rings. The Balaban J connectivity index is 2.98. The minimum atomic E-state index is -0.935. The minimum Gasteiger partial charge on any atom is -0.478 e. The van der Waals surface area contributed by atoms with Crippen LogP contribution in [0.2, 0.25) is 0 Å². The predicted octanol–water partition coefficient (Wildman–Crippen LogP) is 1.11. The van der Waals surface area contributed by atoms with Gasteiger partial charge in [0.1, 0.15) is 0 Å². The molecule has 0 aromatic carbocycles. The van der Waals surface area contributed by atoms with E-state index in [4.69, 9.17) is 16.7 Å². The Morgan fingerprint density at radius 3 is 2.92 bits per heavy atom. The fourth-order valence-electron chi connectivity index (χ4n) is 1.06. The Morgan fingerprint density at radius 2 is 2.50 bits per heavy atom. The summed E-state index contributed by atoms with van der Waals surface area (Å²) in [6, 6.07) is 0. The molecule has 0 spiro atoms. The highest BCUT2D eigenvalue weighted by Crippen LogP contribution is 2.21. The fourth-order valence-corrected chi connectivity index (χ4v) is 1.28. The summed E-state index contributed by atoms with van der Waals surface area (Å²) in [5, 5.41) is 11.7. The van der Waals surface area contributed by atoms with Crippen molar-refractivity contribution in [1.82, 2.24) is 5.32 Å². The number of hydrogen-bond donors (Lipinski definition) is 2. The van der Waals surface area contributed by atoms with Crippen molar-refractivity contribution in [2.45, 2.75) is 12.5 Å². The van der Waals surface area contributed by atoms with Crippen LogP contribution in [-0.4, -0.2) is 22.5 Å². The van der Waals surface area contributed by atoms with Gasteiger partial charge in [0.2, 0.25) is 0 Å². The molecule has 0 bridgehead atoms. The van der Waals surface area contributed by atoms with E-state index >= 15 is 0 Å². The molecule has 66 valence electrons. The summed E-state index contributed by atoms with van der Waals surface area (Å²) in [6.07, 6.45) is 4.90. The van der Waals surface area contributed by atoms with Crippen LogP contribution in [0.25, 0.3) is 0 Å². The molecule has 0 saturated carbocycles. The van der Waals surface area contributed by atoms with E-state index in [1.165, 1.54) is 0 Å². The second kappa shape index (κ2) is 3.19. The number of carbonyl (C=O) groups is 1. The number of nitrogens with one attached hydrogen (secondary N) is 1. The highest BCUT2D eigenvalue weighted by atomic mass is 35.5. The van der Waals surface area contributed by atoms with Crippen LogP contribution < -0.4 is 5.32 Å². The van der Waals surface area contributed by atoms with Gasteiger partial charge in [-0.1, -0.05) is 0 Å². The molecular formula is C8H10ClNO2. The number of carboxylic acids is 1. The first-order valence-corrected chi connectivity index (χ1v) is 4.08. The van der Waals surface area contributed by atoms with Gasteiger partial charge in [0.15, 0.2) is 0 Å². The third-order valence-corrected chi connectivity index (χ3v) is 2.39. The summed E-state index contributed by atoms with van der Waals surface area (Å²) in [5.41, 5.74) is -0.359. The van der Waals surface area contributed by atoms with Crippen LogP contribution >= 0.6 is 11.6 Å². The number of alkyl halides is 1. The predicted molar refractivity (Wildman–Crippen MR) is 47.1 cm³/mol. The number of allylic oxidation sites excluding steroid dienone is 2. The van der Waals surface area contributed by atoms with E-state index < -0.39 is 11.5 Å². The third kappa shape index (κ3) is 1.46. The Labute approximate surface area is 75.7 Å². The summed E-state index contributed by atoms with van der Waals surface area (Å²) >= 11 is 5.66. The van der Waals surface area contributed by atoms with Crippen molar-refractivity contribution in [3.05, 3.63) is 23.9 Å². The lowest BCUT2D eigenvalue weighted by molar-refractivity contribution is -0.133. The van der Waals surface area contributed by atoms with E-state index in [1.54, 1.807) is 25.3 Å². The average Bonchev–Trinajstić information content (AvgIpc) is 2.05. The van der Waals surface area contributed by atoms with Gasteiger partial charge in [-0.05, 0) is 25.3 Å². The maximum atomic E-state index is 10.7. The zero-order valence-corrected chi connectivity index (χ0v) is 7.43. The molecule has 0 saturated heterocycles. The highest BCUT2D eigenvalue weighted by Gasteiger charge is 2.32. The van der Waals surface area contributed by atoms with Crippen molar-refractivity contribution >= 4 is 17.6 Å². The van der Waals surface area contributed by atoms with Crippen molar-refractivity contribution in [2.75, 3.05) is 5.88 Å². The molecule has 1 atom stereocenters. The summed E-state index contributed by atoms with van der Waals surface area (Å²) in [5.74, 6) is -0.704. The molecule has 0 aromatic heterocycles. The number of dihydropyridines is 1. The molecule has 0 radical (unpaired) electrons. The molecule has 1 aliphatic heterocycles. The van der Waals surface area contributed by atoms with Crippen LogP contribution in [0, 0.1) is 0 Å². The molecule has 12 heavy (non-hydrogen) atoms. The second-order valence-corrected chi connectivity index (χ2v) is 3.12. The summed E-state index contributed by atoms with van der Waals surface area (Å²) in [6.45, 7) is 1.75. The molecule has 4 heteroatoms. The molecule has 1 heterocycles. The van der Waals surface area contributed by atoms with Gasteiger partial charge in [-0.15, -0.1) is 11.6 Å². The second-order valence-electron chi connectivity index (χ2n) is 2.85. The maximum absolute atomic E-state index is 10.7. The van der Waals surface area contributed by atoms with E-state index in [0.717, 1.165) is 0 Å². The Hall–Kier alpha value is -0.960. The van der Waals surface area contributed by atoms with E-state index in [-0.39, 0.29) is 5.88 Å². The van der Waals surface area contributed by atoms with Crippen molar-refractivity contribution < 1.29 is 9.90 Å². The molecule has 3 nitrogen and oxygen atoms in total. The third-order valence-electron chi connectivity index (χ3n) is 1.85. The van der Waals surface area contributed by atoms with Gasteiger partial charge in [-0.2, -0.15) is 0 Å². The molecule has 0 amide bonds. The zero-order chi connectivity index (χ0) is 9.19. The van der Waals surface area contributed by atoms with Gasteiger partial charge in [0, 0.05) is 5.88 Å². The van der Waals surface area contributed by atoms with E-state index in [1.807, 2.05) is 0 Å². The van der Waals surface area contributed by atoms with Crippen LogP contribution in [-0.2, 0) is 4.79 Å². The lowest BCUT2D eigenvalue weighted by Crippen LogP contribution is -2.46. The van der Waals surface area contributed by atoms with Gasteiger partial charge in [-0.3, -0.25) is 0 Å². The van der Waals surface area contributed by atoms with Gasteiger partial charge in [-0.25, -0.2) is 4.79 Å². The summed E-state index contributed by atoms with van der Waals surface area (Å²) < 4.78 is 0. The first-order chi connectivity index (χ1) is 5.60. The lowest BCUT2D eigenvalue weighted by Gasteiger charge is -2.30. The SMILES string of the molecule is CC1(CCl)NC=CC=C1C(=O)O. The van der Waals surface area contributed by atoms with Gasteiger partial charge < -0.3 is 10.4 Å². The molecule has 1 unspecified atom stereocenters.